The second-order valence-corrected chi connectivity index (χ2v) is 26.5. The number of Topliss-reactive ketones (excluding diaryl/α,β-unsaturated/α-hetero) is 4. The van der Waals surface area contributed by atoms with Crippen molar-refractivity contribution in [1.82, 2.24) is 34.3 Å². The number of rotatable bonds is 15. The molecule has 7 amide bonds. The van der Waals surface area contributed by atoms with E-state index in [2.05, 4.69) is 0 Å². The topological polar surface area (TPSA) is 231 Å². The number of nitrogens with zero attached hydrogens (tertiary/aromatic N) is 7. The predicted octanol–water partition coefficient (Wildman–Crippen LogP) is 7.39. The molecule has 1 aliphatic rings. The van der Waals surface area contributed by atoms with Crippen LogP contribution in [-0.2, 0) is 52.7 Å². The molecule has 0 unspecified atom stereocenters. The lowest BCUT2D eigenvalue weighted by atomic mass is 9.84. The number of ketones is 4. The third-order valence-corrected chi connectivity index (χ3v) is 17.2. The van der Waals surface area contributed by atoms with Crippen LogP contribution in [-0.4, -0.2) is 202 Å². The summed E-state index contributed by atoms with van der Waals surface area (Å²) in [6.45, 7) is 28.5. The molecule has 0 aromatic carbocycles. The third-order valence-electron chi connectivity index (χ3n) is 17.2. The molecule has 0 spiro atoms. The van der Waals surface area contributed by atoms with Gasteiger partial charge in [-0.2, -0.15) is 0 Å². The zero-order chi connectivity index (χ0) is 65.1. The Kier molecular flexibility index (Phi) is 32.3. The van der Waals surface area contributed by atoms with Crippen molar-refractivity contribution in [2.75, 3.05) is 55.9 Å². The number of aliphatic hydroxyl groups excluding tert-OH is 1. The van der Waals surface area contributed by atoms with Crippen LogP contribution in [0.15, 0.2) is 12.2 Å². The molecule has 0 bridgehead atoms. The Bertz CT molecular complexity index is 2280. The average Bonchev–Trinajstić information content (AvgIpc) is 3.43. The number of hydrogen-bond donors (Lipinski definition) is 1. The normalized spacial score (nSPS) is 27.4. The first-order chi connectivity index (χ1) is 38.9. The smallest absolute Gasteiger partial charge is 0.246 e. The van der Waals surface area contributed by atoms with Gasteiger partial charge in [0, 0.05) is 98.7 Å². The van der Waals surface area contributed by atoms with Gasteiger partial charge in [-0.3, -0.25) is 52.7 Å². The van der Waals surface area contributed by atoms with E-state index >= 15 is 4.79 Å². The molecule has 1 heterocycles. The van der Waals surface area contributed by atoms with Crippen LogP contribution in [0.1, 0.15) is 181 Å². The summed E-state index contributed by atoms with van der Waals surface area (Å²) in [5.74, 6) is -10.8. The molecule has 0 aliphatic carbocycles. The SMILES string of the molecule is C/C=C/C[C@@H](C)[C@@H](O)[C@@H]1C(=O)C[C@H](CC)C(=O)N(C)CC(=O)N(C)[C@@H](CC(C)C)C(=O)C[C@H](C(C)C)C(=O)N(C)[C@H](CC(C)C)C(=O)C[C@H](C)C(=O)C[C@@H](C)C(=O)N(C)[C@H](CC(C)C)C(=O)N(C)[C@H](CCC)C(=O)N(C)[C@H](C(C)C)C(=O)N1C. The van der Waals surface area contributed by atoms with Gasteiger partial charge in [0.2, 0.25) is 41.4 Å². The fourth-order valence-electron chi connectivity index (χ4n) is 11.6. The van der Waals surface area contributed by atoms with Crippen molar-refractivity contribution in [3.8, 4) is 0 Å². The van der Waals surface area contributed by atoms with Gasteiger partial charge >= 0.3 is 0 Å². The summed E-state index contributed by atoms with van der Waals surface area (Å²) in [5, 5.41) is 12.1. The van der Waals surface area contributed by atoms with Crippen molar-refractivity contribution < 1.29 is 57.8 Å². The monoisotopic (exact) mass is 1180 g/mol. The number of aliphatic hydroxyl groups is 1. The Morgan fingerprint density at radius 1 is 0.476 bits per heavy atom. The van der Waals surface area contributed by atoms with Gasteiger partial charge in [0.15, 0.2) is 17.3 Å². The number of carbonyl (C=O) groups is 11. The molecule has 0 aromatic rings. The van der Waals surface area contributed by atoms with E-state index in [0.29, 0.717) is 12.8 Å². The summed E-state index contributed by atoms with van der Waals surface area (Å²) in [5.41, 5.74) is 0. The molecular weight excluding hydrogens is 1070 g/mol. The highest BCUT2D eigenvalue weighted by Crippen LogP contribution is 2.29. The molecule has 19 heteroatoms. The van der Waals surface area contributed by atoms with Crippen LogP contribution in [0.25, 0.3) is 0 Å². The first-order valence-corrected chi connectivity index (χ1v) is 31.1. The van der Waals surface area contributed by atoms with Crippen molar-refractivity contribution in [2.45, 2.75) is 224 Å². The molecular formula is C65H113N7O12. The molecule has 0 radical (unpaired) electrons. The minimum Gasteiger partial charge on any atom is -0.390 e. The highest BCUT2D eigenvalue weighted by atomic mass is 16.3. The van der Waals surface area contributed by atoms with Crippen molar-refractivity contribution in [3.63, 3.8) is 0 Å². The van der Waals surface area contributed by atoms with Crippen molar-refractivity contribution >= 4 is 64.5 Å². The Morgan fingerprint density at radius 2 is 0.929 bits per heavy atom. The van der Waals surface area contributed by atoms with Gasteiger partial charge < -0.3 is 39.4 Å². The summed E-state index contributed by atoms with van der Waals surface area (Å²) < 4.78 is 0. The van der Waals surface area contributed by atoms with Crippen LogP contribution in [0.4, 0.5) is 0 Å². The molecule has 1 saturated heterocycles. The van der Waals surface area contributed by atoms with Crippen molar-refractivity contribution in [1.29, 1.82) is 0 Å². The van der Waals surface area contributed by atoms with Gasteiger partial charge in [0.25, 0.3) is 0 Å². The van der Waals surface area contributed by atoms with E-state index in [0.717, 1.165) is 4.90 Å². The number of hydrogen-bond acceptors (Lipinski definition) is 12. The van der Waals surface area contributed by atoms with Gasteiger partial charge in [0.1, 0.15) is 30.0 Å². The van der Waals surface area contributed by atoms with Gasteiger partial charge in [-0.15, -0.1) is 0 Å². The van der Waals surface area contributed by atoms with E-state index in [4.69, 9.17) is 0 Å². The molecule has 19 nitrogen and oxygen atoms in total. The van der Waals surface area contributed by atoms with E-state index in [-0.39, 0.29) is 92.4 Å². The summed E-state index contributed by atoms with van der Waals surface area (Å²) in [4.78, 5) is 170. The van der Waals surface area contributed by atoms with Crippen molar-refractivity contribution in [2.24, 2.45) is 59.2 Å². The highest BCUT2D eigenvalue weighted by molar-refractivity contribution is 5.99. The molecule has 1 rings (SSSR count). The maximum Gasteiger partial charge on any atom is 0.246 e. The molecule has 1 fully saturated rings. The minimum absolute atomic E-state index is 0.0477. The van der Waals surface area contributed by atoms with E-state index in [1.54, 1.807) is 41.5 Å². The third kappa shape index (κ3) is 21.3. The highest BCUT2D eigenvalue weighted by Gasteiger charge is 2.45. The lowest BCUT2D eigenvalue weighted by Crippen LogP contribution is -2.61. The van der Waals surface area contributed by atoms with Gasteiger partial charge in [-0.25, -0.2) is 0 Å². The van der Waals surface area contributed by atoms with Crippen LogP contribution < -0.4 is 0 Å². The van der Waals surface area contributed by atoms with Crippen LogP contribution in [0.3, 0.4) is 0 Å². The van der Waals surface area contributed by atoms with Gasteiger partial charge in [0.05, 0.1) is 24.7 Å². The Balaban J connectivity index is 4.28. The van der Waals surface area contributed by atoms with E-state index in [9.17, 15) is 53.1 Å². The van der Waals surface area contributed by atoms with Gasteiger partial charge in [-0.1, -0.05) is 122 Å². The van der Waals surface area contributed by atoms with E-state index in [1.807, 2.05) is 81.4 Å². The Labute approximate surface area is 505 Å². The van der Waals surface area contributed by atoms with Crippen LogP contribution in [0, 0.1) is 59.2 Å². The molecule has 480 valence electrons. The number of likely N-dealkylation sites (N-methyl/N-ethyl adjacent to an activating group) is 7. The van der Waals surface area contributed by atoms with Crippen LogP contribution >= 0.6 is 0 Å². The summed E-state index contributed by atoms with van der Waals surface area (Å²) in [7, 11) is 10.3. The summed E-state index contributed by atoms with van der Waals surface area (Å²) >= 11 is 0. The largest absolute Gasteiger partial charge is 0.390 e. The fraction of sp³-hybridized carbons (Fsp3) is 0.800. The number of carbonyl (C=O) groups excluding carboxylic acids is 11. The molecule has 12 atom stereocenters. The standard InChI is InChI=1S/C65H113N7O12/c1-24-27-29-43(14)59(78)58-55(76)35-46(26-3)61(80)66(17)37-56(77)67(18)49(30-38(4)5)54(75)36-47(41(10)11)62(81)69(20)50(31-39(6)7)53(74)33-44(15)52(73)34-45(16)60(79)70(21)51(32-40(8)9)64(83)68(19)48(28-25-2)63(82)71(22)57(42(12)13)65(84)72(58)23/h24,27,38-51,57-59,78H,25-26,28-37H2,1-23H3/b27-24+/t43-,44+,45-,46+,47-,48-,49+,50-,51-,57-,58+,59-/m1/s1. The summed E-state index contributed by atoms with van der Waals surface area (Å²) in [6, 6.07) is -6.77. The summed E-state index contributed by atoms with van der Waals surface area (Å²) in [6.07, 6.45) is 2.99. The van der Waals surface area contributed by atoms with E-state index < -0.39 is 138 Å². The second-order valence-electron chi connectivity index (χ2n) is 26.5. The molecule has 84 heavy (non-hydrogen) atoms. The maximum absolute atomic E-state index is 15.1. The zero-order valence-electron chi connectivity index (χ0n) is 56.0. The minimum atomic E-state index is -1.48. The maximum atomic E-state index is 15.1. The van der Waals surface area contributed by atoms with E-state index in [1.165, 1.54) is 78.7 Å². The Morgan fingerprint density at radius 3 is 1.40 bits per heavy atom. The van der Waals surface area contributed by atoms with Gasteiger partial charge in [-0.05, 0) is 81.0 Å². The second kappa shape index (κ2) is 35.3. The van der Waals surface area contributed by atoms with Crippen LogP contribution in [0.2, 0.25) is 0 Å². The van der Waals surface area contributed by atoms with Crippen LogP contribution in [0.5, 0.6) is 0 Å². The first-order valence-electron chi connectivity index (χ1n) is 31.1. The Hall–Kier alpha value is -5.33. The molecule has 1 aliphatic heterocycles. The zero-order valence-corrected chi connectivity index (χ0v) is 56.0. The number of allylic oxidation sites excluding steroid dienone is 2. The lowest BCUT2D eigenvalue weighted by molar-refractivity contribution is -0.157. The lowest BCUT2D eigenvalue weighted by Gasteiger charge is -2.41. The number of amides is 7. The average molecular weight is 1180 g/mol. The quantitative estimate of drug-likeness (QED) is 0.158. The molecule has 0 aromatic heterocycles. The first kappa shape index (κ1) is 76.7. The fourth-order valence-corrected chi connectivity index (χ4v) is 11.6. The van der Waals surface area contributed by atoms with Crippen molar-refractivity contribution in [3.05, 3.63) is 12.2 Å². The molecule has 1 N–H and O–H groups in total. The molecule has 0 saturated carbocycles. The predicted molar refractivity (Wildman–Crippen MR) is 329 cm³/mol.